The minimum absolute atomic E-state index is 0.621. The van der Waals surface area contributed by atoms with Gasteiger partial charge in [-0.15, -0.1) is 0 Å². The smallest absolute Gasteiger partial charge is 0.213 e. The van der Waals surface area contributed by atoms with Gasteiger partial charge >= 0.3 is 0 Å². The number of methoxy groups -OCH3 is 1. The summed E-state index contributed by atoms with van der Waals surface area (Å²) in [4.78, 5) is 4.33. The fourth-order valence-corrected chi connectivity index (χ4v) is 1.68. The summed E-state index contributed by atoms with van der Waals surface area (Å²) in [5, 5.41) is 0. The summed E-state index contributed by atoms with van der Waals surface area (Å²) < 4.78 is 5.07. The maximum absolute atomic E-state index is 5.93. The van der Waals surface area contributed by atoms with E-state index in [1.807, 2.05) is 43.3 Å². The molecule has 0 amide bonds. The van der Waals surface area contributed by atoms with Crippen molar-refractivity contribution in [3.63, 3.8) is 0 Å². The Bertz CT molecular complexity index is 509. The highest BCUT2D eigenvalue weighted by Gasteiger charge is 2.06. The molecule has 0 unspecified atom stereocenters. The zero-order chi connectivity index (χ0) is 11.5. The first-order chi connectivity index (χ1) is 7.72. The second-order valence-corrected chi connectivity index (χ2v) is 3.57. The van der Waals surface area contributed by atoms with Gasteiger partial charge in [-0.2, -0.15) is 0 Å². The number of pyridine rings is 1. The Balaban J connectivity index is 2.53. The van der Waals surface area contributed by atoms with Crippen molar-refractivity contribution < 1.29 is 4.74 Å². The maximum Gasteiger partial charge on any atom is 0.213 e. The predicted molar refractivity (Wildman–Crippen MR) is 65.4 cm³/mol. The quantitative estimate of drug-likeness (QED) is 0.782. The van der Waals surface area contributed by atoms with E-state index < -0.39 is 0 Å². The Labute approximate surface area is 94.9 Å². The molecule has 2 N–H and O–H groups in total. The van der Waals surface area contributed by atoms with Crippen LogP contribution in [0.5, 0.6) is 5.88 Å². The molecule has 1 aromatic carbocycles. The molecular formula is C13H14N2O. The molecule has 0 saturated carbocycles. The van der Waals surface area contributed by atoms with Crippen LogP contribution in [-0.4, -0.2) is 12.1 Å². The number of hydrogen-bond donors (Lipinski definition) is 1. The molecule has 3 nitrogen and oxygen atoms in total. The summed E-state index contributed by atoms with van der Waals surface area (Å²) in [7, 11) is 1.61. The van der Waals surface area contributed by atoms with Crippen molar-refractivity contribution in [2.45, 2.75) is 6.92 Å². The van der Waals surface area contributed by atoms with E-state index >= 15 is 0 Å². The Morgan fingerprint density at radius 2 is 1.81 bits per heavy atom. The molecule has 82 valence electrons. The van der Waals surface area contributed by atoms with Crippen LogP contribution in [0.1, 0.15) is 5.69 Å². The summed E-state index contributed by atoms with van der Waals surface area (Å²) in [6.07, 6.45) is 0. The third kappa shape index (κ3) is 1.84. The van der Waals surface area contributed by atoms with Crippen molar-refractivity contribution >= 4 is 5.69 Å². The van der Waals surface area contributed by atoms with Gasteiger partial charge in [0.05, 0.1) is 7.11 Å². The molecule has 0 aliphatic heterocycles. The predicted octanol–water partition coefficient (Wildman–Crippen LogP) is 2.65. The molecule has 0 atom stereocenters. The van der Waals surface area contributed by atoms with E-state index in [1.165, 1.54) is 0 Å². The molecule has 1 aromatic heterocycles. The first-order valence-electron chi connectivity index (χ1n) is 5.09. The molecule has 2 aromatic rings. The van der Waals surface area contributed by atoms with Crippen LogP contribution in [0.3, 0.4) is 0 Å². The second-order valence-electron chi connectivity index (χ2n) is 3.57. The first kappa shape index (κ1) is 10.5. The van der Waals surface area contributed by atoms with Gasteiger partial charge in [0.15, 0.2) is 0 Å². The van der Waals surface area contributed by atoms with Crippen molar-refractivity contribution in [3.8, 4) is 17.0 Å². The summed E-state index contributed by atoms with van der Waals surface area (Å²) in [5.41, 5.74) is 9.66. The topological polar surface area (TPSA) is 48.1 Å². The summed E-state index contributed by atoms with van der Waals surface area (Å²) in [5.74, 6) is 0.621. The molecule has 0 aliphatic rings. The molecule has 0 bridgehead atoms. The molecule has 0 aliphatic carbocycles. The van der Waals surface area contributed by atoms with Gasteiger partial charge in [-0.1, -0.05) is 18.2 Å². The molecule has 1 heterocycles. The molecule has 2 rings (SSSR count). The van der Waals surface area contributed by atoms with Crippen molar-refractivity contribution in [1.82, 2.24) is 4.98 Å². The monoisotopic (exact) mass is 214 g/mol. The van der Waals surface area contributed by atoms with E-state index in [2.05, 4.69) is 4.98 Å². The number of nitrogens with two attached hydrogens (primary N) is 1. The van der Waals surface area contributed by atoms with Crippen LogP contribution >= 0.6 is 0 Å². The molecule has 0 fully saturated rings. The average Bonchev–Trinajstić information content (AvgIpc) is 2.30. The maximum atomic E-state index is 5.93. The molecule has 16 heavy (non-hydrogen) atoms. The minimum atomic E-state index is 0.621. The van der Waals surface area contributed by atoms with Crippen molar-refractivity contribution in [2.24, 2.45) is 0 Å². The number of nitrogen functional groups attached to an aromatic ring is 1. The standard InChI is InChI=1S/C13H14N2O/c1-9-10(7-8-13(15-9)16-2)11-5-3-4-6-12(11)14/h3-8H,14H2,1-2H3. The lowest BCUT2D eigenvalue weighted by Gasteiger charge is -2.09. The summed E-state index contributed by atoms with van der Waals surface area (Å²) in [6, 6.07) is 11.6. The zero-order valence-corrected chi connectivity index (χ0v) is 9.40. The van der Waals surface area contributed by atoms with Gasteiger partial charge in [0, 0.05) is 28.6 Å². The Hall–Kier alpha value is -2.03. The van der Waals surface area contributed by atoms with Crippen LogP contribution in [0.15, 0.2) is 36.4 Å². The lowest BCUT2D eigenvalue weighted by molar-refractivity contribution is 0.397. The largest absolute Gasteiger partial charge is 0.481 e. The zero-order valence-electron chi connectivity index (χ0n) is 9.40. The van der Waals surface area contributed by atoms with Gasteiger partial charge in [0.2, 0.25) is 5.88 Å². The molecule has 0 saturated heterocycles. The highest BCUT2D eigenvalue weighted by Crippen LogP contribution is 2.28. The van der Waals surface area contributed by atoms with E-state index in [9.17, 15) is 0 Å². The Kier molecular flexibility index (Phi) is 2.77. The van der Waals surface area contributed by atoms with E-state index in [0.717, 1.165) is 22.5 Å². The van der Waals surface area contributed by atoms with E-state index in [-0.39, 0.29) is 0 Å². The number of anilines is 1. The van der Waals surface area contributed by atoms with Crippen LogP contribution < -0.4 is 10.5 Å². The second kappa shape index (κ2) is 4.23. The van der Waals surface area contributed by atoms with Crippen molar-refractivity contribution in [2.75, 3.05) is 12.8 Å². The van der Waals surface area contributed by atoms with E-state index in [1.54, 1.807) is 7.11 Å². The van der Waals surface area contributed by atoms with Crippen LogP contribution in [0.2, 0.25) is 0 Å². The number of benzene rings is 1. The fraction of sp³-hybridized carbons (Fsp3) is 0.154. The molecule has 3 heteroatoms. The normalized spacial score (nSPS) is 10.1. The summed E-state index contributed by atoms with van der Waals surface area (Å²) >= 11 is 0. The van der Waals surface area contributed by atoms with Crippen LogP contribution in [-0.2, 0) is 0 Å². The van der Waals surface area contributed by atoms with E-state index in [4.69, 9.17) is 10.5 Å². The molecule has 0 spiro atoms. The molecular weight excluding hydrogens is 200 g/mol. The SMILES string of the molecule is COc1ccc(-c2ccccc2N)c(C)n1. The third-order valence-electron chi connectivity index (χ3n) is 2.52. The summed E-state index contributed by atoms with van der Waals surface area (Å²) in [6.45, 7) is 1.95. The Morgan fingerprint density at radius 3 is 2.44 bits per heavy atom. The van der Waals surface area contributed by atoms with Gasteiger partial charge in [-0.05, 0) is 19.1 Å². The Morgan fingerprint density at radius 1 is 1.06 bits per heavy atom. The number of nitrogens with zero attached hydrogens (tertiary/aromatic N) is 1. The van der Waals surface area contributed by atoms with Crippen LogP contribution in [0.4, 0.5) is 5.69 Å². The average molecular weight is 214 g/mol. The lowest BCUT2D eigenvalue weighted by atomic mass is 10.0. The number of aromatic nitrogens is 1. The number of hydrogen-bond acceptors (Lipinski definition) is 3. The minimum Gasteiger partial charge on any atom is -0.481 e. The van der Waals surface area contributed by atoms with Crippen molar-refractivity contribution in [1.29, 1.82) is 0 Å². The fourth-order valence-electron chi connectivity index (χ4n) is 1.68. The lowest BCUT2D eigenvalue weighted by Crippen LogP contribution is -1.95. The highest BCUT2D eigenvalue weighted by atomic mass is 16.5. The van der Waals surface area contributed by atoms with E-state index in [0.29, 0.717) is 5.88 Å². The van der Waals surface area contributed by atoms with Gasteiger partial charge in [-0.25, -0.2) is 4.98 Å². The van der Waals surface area contributed by atoms with Gasteiger partial charge in [-0.3, -0.25) is 0 Å². The number of rotatable bonds is 2. The van der Waals surface area contributed by atoms with Crippen LogP contribution in [0, 0.1) is 6.92 Å². The van der Waals surface area contributed by atoms with Gasteiger partial charge < -0.3 is 10.5 Å². The van der Waals surface area contributed by atoms with Gasteiger partial charge in [0.25, 0.3) is 0 Å². The molecule has 0 radical (unpaired) electrons. The van der Waals surface area contributed by atoms with Crippen molar-refractivity contribution in [3.05, 3.63) is 42.1 Å². The number of aryl methyl sites for hydroxylation is 1. The number of para-hydroxylation sites is 1. The van der Waals surface area contributed by atoms with Gasteiger partial charge in [0.1, 0.15) is 0 Å². The third-order valence-corrected chi connectivity index (χ3v) is 2.52. The first-order valence-corrected chi connectivity index (χ1v) is 5.09. The highest BCUT2D eigenvalue weighted by molar-refractivity contribution is 5.77. The number of ether oxygens (including phenoxy) is 1. The van der Waals surface area contributed by atoms with Crippen LogP contribution in [0.25, 0.3) is 11.1 Å².